The van der Waals surface area contributed by atoms with Crippen LogP contribution in [0, 0.1) is 0 Å². The summed E-state index contributed by atoms with van der Waals surface area (Å²) in [5.41, 5.74) is 12.3. The van der Waals surface area contributed by atoms with Gasteiger partial charge in [0.2, 0.25) is 11.9 Å². The van der Waals surface area contributed by atoms with Crippen LogP contribution in [-0.4, -0.2) is 49.4 Å². The maximum absolute atomic E-state index is 5.40. The van der Waals surface area contributed by atoms with Gasteiger partial charge in [0, 0.05) is 60.0 Å². The van der Waals surface area contributed by atoms with Crippen molar-refractivity contribution < 1.29 is 0 Å². The molecule has 7 nitrogen and oxygen atoms in total. The molecule has 0 fully saturated rings. The molecule has 0 aliphatic heterocycles. The molecule has 5 heterocycles. The largest absolute Gasteiger partial charge is 0.309 e. The number of hydrogen-bond donors (Lipinski definition) is 0. The number of benzene rings is 16. The molecule has 21 aromatic rings. The van der Waals surface area contributed by atoms with Crippen molar-refractivity contribution in [3.8, 4) is 34.7 Å². The van der Waals surface area contributed by atoms with Crippen molar-refractivity contribution in [2.45, 2.75) is 0 Å². The summed E-state index contributed by atoms with van der Waals surface area (Å²) in [6.07, 6.45) is 0. The lowest BCUT2D eigenvalue weighted by atomic mass is 10.1. The number of rotatable bonds is 13. The van der Waals surface area contributed by atoms with Crippen molar-refractivity contribution in [1.82, 2.24) is 33.2 Å². The van der Waals surface area contributed by atoms with Crippen LogP contribution >= 0.6 is 0 Å². The number of fused-ring (bicyclic) bond motifs is 12. The van der Waals surface area contributed by atoms with Crippen molar-refractivity contribution in [3.05, 3.63) is 419 Å². The van der Waals surface area contributed by atoms with Gasteiger partial charge in [-0.3, -0.25) is 9.13 Å². The van der Waals surface area contributed by atoms with E-state index in [1.54, 1.807) is 0 Å². The molecule has 0 aliphatic rings. The predicted molar refractivity (Wildman–Crippen MR) is 456 cm³/mol. The fourth-order valence-electron chi connectivity index (χ4n) is 17.4. The van der Waals surface area contributed by atoms with E-state index < -0.39 is 16.1 Å². The average molecular weight is 1410 g/mol. The first-order valence-corrected chi connectivity index (χ1v) is 40.9. The van der Waals surface area contributed by atoms with Crippen molar-refractivity contribution in [1.29, 1.82) is 0 Å². The highest BCUT2D eigenvalue weighted by Gasteiger charge is 2.43. The minimum absolute atomic E-state index is 0.567. The molecule has 108 heavy (non-hydrogen) atoms. The lowest BCUT2D eigenvalue weighted by Crippen LogP contribution is -2.74. The molecule has 0 amide bonds. The number of nitrogens with zero attached hydrogens (tertiary/aromatic N) is 7. The first-order chi connectivity index (χ1) is 53.6. The average Bonchev–Trinajstić information content (AvgIpc) is 1.30. The zero-order valence-corrected chi connectivity index (χ0v) is 61.0. The maximum Gasteiger partial charge on any atom is 0.240 e. The Morgan fingerprint density at radius 3 is 0.750 bits per heavy atom. The van der Waals surface area contributed by atoms with Gasteiger partial charge in [0.15, 0.2) is 22.0 Å². The summed E-state index contributed by atoms with van der Waals surface area (Å²) < 4.78 is 9.25. The fourth-order valence-corrected chi connectivity index (χ4v) is 27.0. The summed E-state index contributed by atoms with van der Waals surface area (Å²) >= 11 is 0. The van der Waals surface area contributed by atoms with Gasteiger partial charge in [-0.05, 0) is 114 Å². The van der Waals surface area contributed by atoms with Gasteiger partial charge in [-0.1, -0.05) is 346 Å². The van der Waals surface area contributed by atoms with Crippen LogP contribution in [0.1, 0.15) is 0 Å². The second kappa shape index (κ2) is 26.7. The smallest absolute Gasteiger partial charge is 0.240 e. The number of para-hydroxylation sites is 7. The molecule has 0 unspecified atom stereocenters. The minimum atomic E-state index is -2.82. The highest BCUT2D eigenvalue weighted by Crippen LogP contribution is 2.39. The first kappa shape index (κ1) is 63.8. The van der Waals surface area contributed by atoms with Crippen LogP contribution in [0.3, 0.4) is 0 Å². The Morgan fingerprint density at radius 1 is 0.167 bits per heavy atom. The van der Waals surface area contributed by atoms with E-state index in [0.717, 1.165) is 49.2 Å². The topological polar surface area (TPSA) is 58.4 Å². The Balaban J connectivity index is 0.000000143. The second-order valence-electron chi connectivity index (χ2n) is 27.7. The normalized spacial score (nSPS) is 11.9. The molecule has 0 aliphatic carbocycles. The van der Waals surface area contributed by atoms with E-state index in [9.17, 15) is 0 Å². The molecule has 16 aromatic carbocycles. The molecular formula is C99H69N7Si2. The Labute approximate surface area is 627 Å². The van der Waals surface area contributed by atoms with Crippen molar-refractivity contribution >= 4 is 145 Å². The van der Waals surface area contributed by atoms with Gasteiger partial charge in [-0.2, -0.15) is 15.0 Å². The van der Waals surface area contributed by atoms with Crippen LogP contribution in [0.2, 0.25) is 0 Å². The SMILES string of the molecule is c1ccc([Si](c2ccccc2)(c2ccccc2)c2cccc(-c3nc(-n4c5ccccc5c5ccccc54)nc(-n4c5ccccc5c5ccccc54)n3)c2)cc1.c1ccc([Si](c2ccccc2)(c2ccccc2)c2cccc(-n3c4ccccc4c4cc(-n5c6ccccc6c6ccccc65)ccc43)c2)cc1. The molecule has 9 heteroatoms. The van der Waals surface area contributed by atoms with Gasteiger partial charge in [-0.15, -0.1) is 0 Å². The van der Waals surface area contributed by atoms with Crippen LogP contribution in [0.15, 0.2) is 419 Å². The van der Waals surface area contributed by atoms with E-state index in [2.05, 4.69) is 437 Å². The fraction of sp³-hybridized carbons (Fsp3) is 0. The van der Waals surface area contributed by atoms with Crippen molar-refractivity contribution in [2.75, 3.05) is 0 Å². The van der Waals surface area contributed by atoms with Gasteiger partial charge in [-0.25, -0.2) is 0 Å². The van der Waals surface area contributed by atoms with Crippen LogP contribution in [0.5, 0.6) is 0 Å². The predicted octanol–water partition coefficient (Wildman–Crippen LogP) is 18.4. The molecule has 21 rings (SSSR count). The van der Waals surface area contributed by atoms with Gasteiger partial charge in [0.25, 0.3) is 0 Å². The number of aromatic nitrogens is 7. The summed E-state index contributed by atoms with van der Waals surface area (Å²) in [6.45, 7) is 0. The first-order valence-electron chi connectivity index (χ1n) is 36.9. The maximum atomic E-state index is 5.40. The summed E-state index contributed by atoms with van der Waals surface area (Å²) in [5.74, 6) is 1.74. The Kier molecular flexibility index (Phi) is 15.8. The highest BCUT2D eigenvalue weighted by atomic mass is 28.3. The van der Waals surface area contributed by atoms with Crippen molar-refractivity contribution in [3.63, 3.8) is 0 Å². The zero-order valence-electron chi connectivity index (χ0n) is 59.0. The number of hydrogen-bond acceptors (Lipinski definition) is 3. The van der Waals surface area contributed by atoms with Gasteiger partial charge < -0.3 is 9.13 Å². The Morgan fingerprint density at radius 2 is 0.417 bits per heavy atom. The van der Waals surface area contributed by atoms with E-state index in [1.165, 1.54) is 96.5 Å². The molecule has 0 spiro atoms. The van der Waals surface area contributed by atoms with E-state index in [4.69, 9.17) is 15.0 Å². The lowest BCUT2D eigenvalue weighted by molar-refractivity contribution is 0.893. The molecule has 0 radical (unpaired) electrons. The van der Waals surface area contributed by atoms with E-state index in [1.807, 2.05) is 0 Å². The molecule has 0 atom stereocenters. The Bertz CT molecular complexity index is 6450. The monoisotopic (exact) mass is 1410 g/mol. The third-order valence-corrected chi connectivity index (χ3v) is 31.5. The summed E-state index contributed by atoms with van der Waals surface area (Å²) in [7, 11) is -5.52. The zero-order chi connectivity index (χ0) is 71.5. The van der Waals surface area contributed by atoms with E-state index in [0.29, 0.717) is 17.7 Å². The molecular weight excluding hydrogens is 1340 g/mol. The molecule has 0 saturated carbocycles. The van der Waals surface area contributed by atoms with Crippen LogP contribution in [0.25, 0.3) is 122 Å². The highest BCUT2D eigenvalue weighted by molar-refractivity contribution is 7.20. The molecule has 0 bridgehead atoms. The van der Waals surface area contributed by atoms with Crippen LogP contribution in [0.4, 0.5) is 0 Å². The summed E-state index contributed by atoms with van der Waals surface area (Å²) in [6, 6.07) is 152. The Hall–Kier alpha value is -13.8. The van der Waals surface area contributed by atoms with Gasteiger partial charge in [0.1, 0.15) is 0 Å². The van der Waals surface area contributed by atoms with Gasteiger partial charge in [0.05, 0.1) is 44.1 Å². The third kappa shape index (κ3) is 10.3. The summed E-state index contributed by atoms with van der Waals surface area (Å²) in [4.78, 5) is 16.2. The molecule has 5 aromatic heterocycles. The van der Waals surface area contributed by atoms with Crippen LogP contribution < -0.4 is 41.5 Å². The standard InChI is InChI=1S/C51H35N5Si.C48H34N2Si/c1-4-20-37(21-5-1)57(38-22-6-2-7-23-38,39-24-8-3-9-25-39)40-26-18-19-36(35-40)49-52-50(55-45-31-14-10-27-41(45)42-28-11-15-32-46(42)55)54-51(53-49)56-47-33-16-12-29-43(47)44-30-13-17-34-48(44)56;1-4-18-37(19-5-1)51(38-20-6-2-7-21-38,39-22-8-3-9-23-39)40-24-16-17-35(33-40)49-47-30-15-12-27-43(47)44-34-36(31-32-48(44)49)50-45-28-13-10-25-41(45)42-26-11-14-29-46(42)50/h1-35H;1-34H. The molecule has 508 valence electrons. The van der Waals surface area contributed by atoms with Crippen LogP contribution in [-0.2, 0) is 0 Å². The quantitative estimate of drug-likeness (QED) is 0.0854. The third-order valence-electron chi connectivity index (χ3n) is 22.0. The van der Waals surface area contributed by atoms with E-state index >= 15 is 0 Å². The summed E-state index contributed by atoms with van der Waals surface area (Å²) in [5, 5.41) is 20.3. The lowest BCUT2D eigenvalue weighted by Gasteiger charge is -2.34. The molecule has 0 N–H and O–H groups in total. The van der Waals surface area contributed by atoms with Gasteiger partial charge >= 0.3 is 0 Å². The van der Waals surface area contributed by atoms with Crippen molar-refractivity contribution in [2.24, 2.45) is 0 Å². The minimum Gasteiger partial charge on any atom is -0.309 e. The molecule has 0 saturated heterocycles. The van der Waals surface area contributed by atoms with E-state index in [-0.39, 0.29) is 0 Å². The second-order valence-corrected chi connectivity index (χ2v) is 35.4.